The van der Waals surface area contributed by atoms with Crippen LogP contribution in [-0.4, -0.2) is 12.3 Å². The minimum Gasteiger partial charge on any atom is -0.314 e. The largest absolute Gasteiger partial charge is 0.314 e. The van der Waals surface area contributed by atoms with E-state index in [4.69, 9.17) is 0 Å². The Labute approximate surface area is 191 Å². The van der Waals surface area contributed by atoms with Crippen LogP contribution in [0.5, 0.6) is 0 Å². The summed E-state index contributed by atoms with van der Waals surface area (Å²) in [5, 5.41) is 3.42. The second-order valence-electron chi connectivity index (χ2n) is 8.29. The average molecular weight is 458 g/mol. The Morgan fingerprint density at radius 2 is 0.688 bits per heavy atom. The molecule has 0 aliphatic heterocycles. The maximum Gasteiger partial charge on any atom is 0.143 e. The molecule has 0 bridgehead atoms. The molecule has 0 atom stereocenters. The van der Waals surface area contributed by atoms with Gasteiger partial charge in [-0.3, -0.25) is 0 Å². The minimum atomic E-state index is -2.87. The van der Waals surface area contributed by atoms with Crippen LogP contribution in [0.1, 0.15) is 6.92 Å². The summed E-state index contributed by atoms with van der Waals surface area (Å²) in [4.78, 5) is 0. The molecule has 2 nitrogen and oxygen atoms in total. The summed E-state index contributed by atoms with van der Waals surface area (Å²) in [5.41, 5.74) is 0. The molecule has 4 aromatic carbocycles. The summed E-state index contributed by atoms with van der Waals surface area (Å²) < 4.78 is 29.0. The van der Waals surface area contributed by atoms with E-state index in [-0.39, 0.29) is 5.92 Å². The van der Waals surface area contributed by atoms with E-state index in [0.29, 0.717) is 12.3 Å². The first-order chi connectivity index (χ1) is 15.5. The maximum atomic E-state index is 14.5. The standard InChI is InChI=1S/C28H28O2P2/c1-24(22-31(29,25-14-6-2-7-15-25)26-16-8-3-9-17-26)23-32(30,27-18-10-4-11-19-27)28-20-12-5-13-21-28/h2-21,24H,22-23H2,1H3. The second kappa shape index (κ2) is 9.86. The number of benzene rings is 4. The van der Waals surface area contributed by atoms with Crippen LogP contribution in [0.4, 0.5) is 0 Å². The van der Waals surface area contributed by atoms with Crippen molar-refractivity contribution in [2.75, 3.05) is 12.3 Å². The van der Waals surface area contributed by atoms with Gasteiger partial charge in [-0.05, 0) is 5.92 Å². The monoisotopic (exact) mass is 458 g/mol. The van der Waals surface area contributed by atoms with Gasteiger partial charge < -0.3 is 9.13 Å². The molecule has 162 valence electrons. The van der Waals surface area contributed by atoms with Crippen molar-refractivity contribution in [3.63, 3.8) is 0 Å². The zero-order valence-corrected chi connectivity index (χ0v) is 20.0. The molecule has 0 unspecified atom stereocenters. The molecule has 4 heteroatoms. The quantitative estimate of drug-likeness (QED) is 0.320. The molecule has 4 aromatic rings. The van der Waals surface area contributed by atoms with Crippen molar-refractivity contribution in [1.29, 1.82) is 0 Å². The molecule has 0 aliphatic carbocycles. The molecule has 0 amide bonds. The average Bonchev–Trinajstić information content (AvgIpc) is 2.86. The van der Waals surface area contributed by atoms with E-state index in [1.807, 2.05) is 121 Å². The smallest absolute Gasteiger partial charge is 0.143 e. The third-order valence-electron chi connectivity index (χ3n) is 5.83. The Hall–Kier alpha value is -2.66. The van der Waals surface area contributed by atoms with Crippen molar-refractivity contribution in [2.45, 2.75) is 6.92 Å². The van der Waals surface area contributed by atoms with Gasteiger partial charge in [0.2, 0.25) is 0 Å². The van der Waals surface area contributed by atoms with Gasteiger partial charge in [-0.25, -0.2) is 0 Å². The molecule has 0 radical (unpaired) electrons. The van der Waals surface area contributed by atoms with E-state index in [0.717, 1.165) is 21.2 Å². The van der Waals surface area contributed by atoms with E-state index in [9.17, 15) is 9.13 Å². The highest BCUT2D eigenvalue weighted by atomic mass is 31.2. The maximum absolute atomic E-state index is 14.5. The third-order valence-corrected chi connectivity index (χ3v) is 12.6. The van der Waals surface area contributed by atoms with Gasteiger partial charge in [0, 0.05) is 33.5 Å². The van der Waals surface area contributed by atoms with Crippen molar-refractivity contribution in [3.05, 3.63) is 121 Å². The highest BCUT2D eigenvalue weighted by Gasteiger charge is 2.34. The molecule has 0 fully saturated rings. The van der Waals surface area contributed by atoms with Gasteiger partial charge in [0.15, 0.2) is 0 Å². The molecular formula is C28H28O2P2. The SMILES string of the molecule is CC(CP(=O)(c1ccccc1)c1ccccc1)CP(=O)(c1ccccc1)c1ccccc1. The minimum absolute atomic E-state index is 0.00695. The van der Waals surface area contributed by atoms with Gasteiger partial charge in [-0.15, -0.1) is 0 Å². The van der Waals surface area contributed by atoms with Crippen molar-refractivity contribution >= 4 is 35.5 Å². The topological polar surface area (TPSA) is 34.1 Å². The molecule has 0 aliphatic rings. The van der Waals surface area contributed by atoms with Crippen molar-refractivity contribution < 1.29 is 9.13 Å². The van der Waals surface area contributed by atoms with Gasteiger partial charge in [-0.1, -0.05) is 128 Å². The van der Waals surface area contributed by atoms with Crippen LogP contribution in [0.2, 0.25) is 0 Å². The second-order valence-corrected chi connectivity index (χ2v) is 14.0. The predicted molar refractivity (Wildman–Crippen MR) is 138 cm³/mol. The molecule has 0 heterocycles. The molecule has 4 rings (SSSR count). The van der Waals surface area contributed by atoms with E-state index in [1.54, 1.807) is 0 Å². The van der Waals surface area contributed by atoms with Crippen LogP contribution in [0.3, 0.4) is 0 Å². The number of hydrogen-bond donors (Lipinski definition) is 0. The number of rotatable bonds is 8. The van der Waals surface area contributed by atoms with Crippen molar-refractivity contribution in [1.82, 2.24) is 0 Å². The first-order valence-corrected chi connectivity index (χ1v) is 14.7. The van der Waals surface area contributed by atoms with E-state index < -0.39 is 14.3 Å². The lowest BCUT2D eigenvalue weighted by Crippen LogP contribution is -2.26. The fraction of sp³-hybridized carbons (Fsp3) is 0.143. The van der Waals surface area contributed by atoms with Crippen LogP contribution in [-0.2, 0) is 9.13 Å². The van der Waals surface area contributed by atoms with Crippen LogP contribution >= 0.6 is 14.3 Å². The summed E-state index contributed by atoms with van der Waals surface area (Å²) in [6.45, 7) is 2.08. The van der Waals surface area contributed by atoms with Crippen LogP contribution in [0.25, 0.3) is 0 Å². The zero-order valence-electron chi connectivity index (χ0n) is 18.2. The Balaban J connectivity index is 1.71. The number of hydrogen-bond acceptors (Lipinski definition) is 2. The summed E-state index contributed by atoms with van der Waals surface area (Å²) in [7, 11) is -5.74. The van der Waals surface area contributed by atoms with Gasteiger partial charge >= 0.3 is 0 Å². The van der Waals surface area contributed by atoms with E-state index >= 15 is 0 Å². The summed E-state index contributed by atoms with van der Waals surface area (Å²) in [6.07, 6.45) is 0.954. The Morgan fingerprint density at radius 1 is 0.469 bits per heavy atom. The van der Waals surface area contributed by atoms with Gasteiger partial charge in [0.25, 0.3) is 0 Å². The van der Waals surface area contributed by atoms with E-state index in [2.05, 4.69) is 6.92 Å². The van der Waals surface area contributed by atoms with Gasteiger partial charge in [0.1, 0.15) is 14.3 Å². The lowest BCUT2D eigenvalue weighted by Gasteiger charge is -2.27. The van der Waals surface area contributed by atoms with Crippen LogP contribution < -0.4 is 21.2 Å². The molecule has 0 saturated heterocycles. The van der Waals surface area contributed by atoms with Crippen molar-refractivity contribution in [2.24, 2.45) is 5.92 Å². The summed E-state index contributed by atoms with van der Waals surface area (Å²) in [5.74, 6) is -0.00695. The molecule has 0 N–H and O–H groups in total. The van der Waals surface area contributed by atoms with Crippen molar-refractivity contribution in [3.8, 4) is 0 Å². The van der Waals surface area contributed by atoms with Crippen LogP contribution in [0.15, 0.2) is 121 Å². The van der Waals surface area contributed by atoms with Crippen LogP contribution in [0, 0.1) is 5.92 Å². The molecule has 0 saturated carbocycles. The predicted octanol–water partition coefficient (Wildman–Crippen LogP) is 5.65. The Kier molecular flexibility index (Phi) is 6.95. The van der Waals surface area contributed by atoms with Gasteiger partial charge in [-0.2, -0.15) is 0 Å². The normalized spacial score (nSPS) is 12.1. The lowest BCUT2D eigenvalue weighted by atomic mass is 10.3. The lowest BCUT2D eigenvalue weighted by molar-refractivity contribution is 0.570. The molecule has 32 heavy (non-hydrogen) atoms. The molecule has 0 aromatic heterocycles. The Morgan fingerprint density at radius 3 is 0.906 bits per heavy atom. The first-order valence-electron chi connectivity index (χ1n) is 10.9. The molecular weight excluding hydrogens is 430 g/mol. The third kappa shape index (κ3) is 4.73. The Bertz CT molecular complexity index is 1040. The fourth-order valence-corrected chi connectivity index (χ4v) is 10.6. The highest BCUT2D eigenvalue weighted by molar-refractivity contribution is 7.79. The zero-order chi connectivity index (χ0) is 22.4. The van der Waals surface area contributed by atoms with Gasteiger partial charge in [0.05, 0.1) is 0 Å². The molecule has 0 spiro atoms. The van der Waals surface area contributed by atoms with E-state index in [1.165, 1.54) is 0 Å². The first kappa shape index (κ1) is 22.5. The highest BCUT2D eigenvalue weighted by Crippen LogP contribution is 2.50. The fourth-order valence-electron chi connectivity index (χ4n) is 4.33. The summed E-state index contributed by atoms with van der Waals surface area (Å²) in [6, 6.07) is 38.9. The summed E-state index contributed by atoms with van der Waals surface area (Å²) >= 11 is 0.